The fourth-order valence-corrected chi connectivity index (χ4v) is 2.79. The van der Waals surface area contributed by atoms with Crippen molar-refractivity contribution in [3.05, 3.63) is 71.8 Å². The highest BCUT2D eigenvalue weighted by atomic mass is 16.5. The first-order chi connectivity index (χ1) is 12.0. The van der Waals surface area contributed by atoms with Crippen LogP contribution in [0, 0.1) is 0 Å². The topological polar surface area (TPSA) is 55.4 Å². The fraction of sp³-hybridized carbons (Fsp3) is 0.333. The summed E-state index contributed by atoms with van der Waals surface area (Å²) in [6, 6.07) is 17.9. The first-order valence-corrected chi connectivity index (χ1v) is 8.58. The third kappa shape index (κ3) is 5.84. The molecule has 0 bridgehead atoms. The Hall–Kier alpha value is -2.46. The summed E-state index contributed by atoms with van der Waals surface area (Å²) in [6.45, 7) is 5.71. The zero-order valence-electron chi connectivity index (χ0n) is 14.9. The predicted octanol–water partition coefficient (Wildman–Crippen LogP) is 3.87. The van der Waals surface area contributed by atoms with Crippen LogP contribution in [0.1, 0.15) is 47.9 Å². The Morgan fingerprint density at radius 1 is 0.880 bits per heavy atom. The Balaban J connectivity index is 1.82. The lowest BCUT2D eigenvalue weighted by molar-refractivity contribution is 0.0304. The standard InChI is InChI=1S/C21H25NO3/c1-15(22-17(3)20(23)18-10-6-4-7-11-18)14-16(2)25-21(24)19-12-8-5-9-13-19/h4-13,15-17,22H,14H2,1-3H3. The molecule has 0 aliphatic rings. The molecule has 0 amide bonds. The summed E-state index contributed by atoms with van der Waals surface area (Å²) in [6.07, 6.45) is 0.388. The van der Waals surface area contributed by atoms with Crippen molar-refractivity contribution in [1.29, 1.82) is 0 Å². The monoisotopic (exact) mass is 339 g/mol. The van der Waals surface area contributed by atoms with Crippen molar-refractivity contribution < 1.29 is 14.3 Å². The molecule has 1 N–H and O–H groups in total. The number of hydrogen-bond acceptors (Lipinski definition) is 4. The summed E-state index contributed by atoms with van der Waals surface area (Å²) in [5, 5.41) is 3.28. The van der Waals surface area contributed by atoms with Crippen molar-refractivity contribution in [1.82, 2.24) is 5.32 Å². The number of ether oxygens (including phenoxy) is 1. The van der Waals surface area contributed by atoms with Crippen LogP contribution in [-0.2, 0) is 4.74 Å². The maximum Gasteiger partial charge on any atom is 0.338 e. The first kappa shape index (κ1) is 18.9. The smallest absolute Gasteiger partial charge is 0.338 e. The van der Waals surface area contributed by atoms with Crippen LogP contribution >= 0.6 is 0 Å². The average molecular weight is 339 g/mol. The molecule has 0 radical (unpaired) electrons. The van der Waals surface area contributed by atoms with Gasteiger partial charge in [-0.3, -0.25) is 4.79 Å². The molecule has 4 heteroatoms. The molecule has 3 atom stereocenters. The highest BCUT2D eigenvalue weighted by molar-refractivity contribution is 5.99. The van der Waals surface area contributed by atoms with Crippen molar-refractivity contribution >= 4 is 11.8 Å². The van der Waals surface area contributed by atoms with Crippen molar-refractivity contribution in [2.75, 3.05) is 0 Å². The van der Waals surface area contributed by atoms with Gasteiger partial charge in [-0.15, -0.1) is 0 Å². The molecule has 4 nitrogen and oxygen atoms in total. The Morgan fingerprint density at radius 2 is 1.40 bits per heavy atom. The van der Waals surface area contributed by atoms with Gasteiger partial charge in [-0.25, -0.2) is 4.79 Å². The van der Waals surface area contributed by atoms with Crippen molar-refractivity contribution in [3.8, 4) is 0 Å². The van der Waals surface area contributed by atoms with Crippen molar-refractivity contribution in [2.45, 2.75) is 45.4 Å². The number of nitrogens with one attached hydrogen (secondary N) is 1. The zero-order chi connectivity index (χ0) is 18.2. The van der Waals surface area contributed by atoms with Crippen LogP contribution in [0.15, 0.2) is 60.7 Å². The van der Waals surface area contributed by atoms with Gasteiger partial charge < -0.3 is 10.1 Å². The Kier molecular flexibility index (Phi) is 6.90. The molecule has 2 aromatic carbocycles. The number of esters is 1. The van der Waals surface area contributed by atoms with Crippen LogP contribution in [0.5, 0.6) is 0 Å². The number of carbonyl (C=O) groups excluding carboxylic acids is 2. The van der Waals surface area contributed by atoms with Gasteiger partial charge in [-0.05, 0) is 39.3 Å². The van der Waals surface area contributed by atoms with E-state index < -0.39 is 0 Å². The SMILES string of the molecule is CC(CC(C)OC(=O)c1ccccc1)NC(C)C(=O)c1ccccc1. The molecule has 0 aliphatic carbocycles. The minimum Gasteiger partial charge on any atom is -0.459 e. The molecule has 3 unspecified atom stereocenters. The maximum atomic E-state index is 12.4. The molecule has 0 spiro atoms. The van der Waals surface area contributed by atoms with Crippen LogP contribution in [0.2, 0.25) is 0 Å². The number of Topliss-reactive ketones (excluding diaryl/α,β-unsaturated/α-hetero) is 1. The molecular weight excluding hydrogens is 314 g/mol. The summed E-state index contributed by atoms with van der Waals surface area (Å²) < 4.78 is 5.47. The van der Waals surface area contributed by atoms with Gasteiger partial charge in [0.05, 0.1) is 11.6 Å². The molecule has 0 aliphatic heterocycles. The van der Waals surface area contributed by atoms with Crippen LogP contribution in [-0.4, -0.2) is 29.9 Å². The van der Waals surface area contributed by atoms with E-state index in [-0.39, 0.29) is 29.9 Å². The van der Waals surface area contributed by atoms with E-state index in [0.29, 0.717) is 17.5 Å². The van der Waals surface area contributed by atoms with Gasteiger partial charge in [0.15, 0.2) is 5.78 Å². The van der Waals surface area contributed by atoms with E-state index >= 15 is 0 Å². The summed E-state index contributed by atoms with van der Waals surface area (Å²) in [5.41, 5.74) is 1.24. The molecule has 0 saturated heterocycles. The molecule has 2 rings (SSSR count). The van der Waals surface area contributed by atoms with Gasteiger partial charge in [0.25, 0.3) is 0 Å². The molecule has 25 heavy (non-hydrogen) atoms. The van der Waals surface area contributed by atoms with Gasteiger partial charge >= 0.3 is 5.97 Å². The summed E-state index contributed by atoms with van der Waals surface area (Å²) in [5.74, 6) is -0.268. The molecule has 2 aromatic rings. The van der Waals surface area contributed by atoms with Gasteiger partial charge in [-0.2, -0.15) is 0 Å². The summed E-state index contributed by atoms with van der Waals surface area (Å²) >= 11 is 0. The van der Waals surface area contributed by atoms with Gasteiger partial charge in [0, 0.05) is 11.6 Å². The minimum absolute atomic E-state index is 0.0428. The van der Waals surface area contributed by atoms with E-state index in [1.165, 1.54) is 0 Å². The largest absolute Gasteiger partial charge is 0.459 e. The fourth-order valence-electron chi connectivity index (χ4n) is 2.79. The summed E-state index contributed by atoms with van der Waals surface area (Å²) in [7, 11) is 0. The van der Waals surface area contributed by atoms with E-state index in [0.717, 1.165) is 0 Å². The minimum atomic E-state index is -0.325. The molecule has 0 heterocycles. The van der Waals surface area contributed by atoms with E-state index in [2.05, 4.69) is 5.32 Å². The molecule has 0 fully saturated rings. The highest BCUT2D eigenvalue weighted by Gasteiger charge is 2.19. The third-order valence-electron chi connectivity index (χ3n) is 3.99. The van der Waals surface area contributed by atoms with Crippen molar-refractivity contribution in [3.63, 3.8) is 0 Å². The lowest BCUT2D eigenvalue weighted by Crippen LogP contribution is -2.41. The Labute approximate surface area is 149 Å². The maximum absolute atomic E-state index is 12.4. The normalized spacial score (nSPS) is 14.4. The van der Waals surface area contributed by atoms with Gasteiger partial charge in [-0.1, -0.05) is 48.5 Å². The van der Waals surface area contributed by atoms with Gasteiger partial charge in [0.1, 0.15) is 6.10 Å². The molecule has 132 valence electrons. The van der Waals surface area contributed by atoms with E-state index in [1.54, 1.807) is 12.1 Å². The number of rotatable bonds is 8. The average Bonchev–Trinajstić information content (AvgIpc) is 2.62. The lowest BCUT2D eigenvalue weighted by Gasteiger charge is -2.22. The Morgan fingerprint density at radius 3 is 1.96 bits per heavy atom. The quantitative estimate of drug-likeness (QED) is 0.586. The molecule has 0 aromatic heterocycles. The van der Waals surface area contributed by atoms with Crippen LogP contribution in [0.3, 0.4) is 0 Å². The Bertz CT molecular complexity index is 685. The zero-order valence-corrected chi connectivity index (χ0v) is 14.9. The lowest BCUT2D eigenvalue weighted by atomic mass is 10.0. The second-order valence-electron chi connectivity index (χ2n) is 6.34. The number of benzene rings is 2. The number of ketones is 1. The second-order valence-corrected chi connectivity index (χ2v) is 6.34. The van der Waals surface area contributed by atoms with Crippen molar-refractivity contribution in [2.24, 2.45) is 0 Å². The number of hydrogen-bond donors (Lipinski definition) is 1. The summed E-state index contributed by atoms with van der Waals surface area (Å²) in [4.78, 5) is 24.4. The molecular formula is C21H25NO3. The highest BCUT2D eigenvalue weighted by Crippen LogP contribution is 2.10. The van der Waals surface area contributed by atoms with Gasteiger partial charge in [0.2, 0.25) is 0 Å². The molecule has 0 saturated carbocycles. The predicted molar refractivity (Wildman–Crippen MR) is 98.8 cm³/mol. The van der Waals surface area contributed by atoms with Crippen LogP contribution < -0.4 is 5.32 Å². The van der Waals surface area contributed by atoms with E-state index in [9.17, 15) is 9.59 Å². The van der Waals surface area contributed by atoms with E-state index in [1.807, 2.05) is 69.3 Å². The van der Waals surface area contributed by atoms with Crippen LogP contribution in [0.4, 0.5) is 0 Å². The third-order valence-corrected chi connectivity index (χ3v) is 3.99. The van der Waals surface area contributed by atoms with E-state index in [4.69, 9.17) is 4.74 Å². The van der Waals surface area contributed by atoms with Crippen LogP contribution in [0.25, 0.3) is 0 Å². The first-order valence-electron chi connectivity index (χ1n) is 8.58. The number of carbonyl (C=O) groups is 2. The second kappa shape index (κ2) is 9.14.